The van der Waals surface area contributed by atoms with Gasteiger partial charge in [-0.25, -0.2) is 0 Å². The minimum Gasteiger partial charge on any atom is -0.492 e. The number of hydrogen-bond donors (Lipinski definition) is 1. The highest BCUT2D eigenvalue weighted by molar-refractivity contribution is 6.31. The third-order valence-electron chi connectivity index (χ3n) is 3.11. The molecule has 1 aromatic rings. The molecule has 4 nitrogen and oxygen atoms in total. The van der Waals surface area contributed by atoms with Crippen molar-refractivity contribution in [2.45, 2.75) is 26.2 Å². The fraction of sp³-hybridized carbons (Fsp3) is 0.429. The normalized spacial score (nSPS) is 14.6. The number of hydrogen-bond acceptors (Lipinski definition) is 3. The number of carboxylic acid groups (broad SMARTS) is 1. The smallest absolute Gasteiger partial charge is 0.303 e. The molecule has 0 saturated heterocycles. The summed E-state index contributed by atoms with van der Waals surface area (Å²) in [5.41, 5.74) is 1.42. The Hall–Kier alpha value is -1.55. The van der Waals surface area contributed by atoms with Crippen molar-refractivity contribution in [3.8, 4) is 5.75 Å². The summed E-state index contributed by atoms with van der Waals surface area (Å²) in [6, 6.07) is 3.41. The van der Waals surface area contributed by atoms with E-state index < -0.39 is 5.97 Å². The molecule has 0 aromatic heterocycles. The number of ether oxygens (including phenoxy) is 1. The zero-order chi connectivity index (χ0) is 14.0. The molecule has 0 spiro atoms. The average Bonchev–Trinajstić information content (AvgIpc) is 2.73. The van der Waals surface area contributed by atoms with E-state index in [9.17, 15) is 9.59 Å². The van der Waals surface area contributed by atoms with Gasteiger partial charge in [-0.2, -0.15) is 0 Å². The Bertz CT molecular complexity index is 524. The van der Waals surface area contributed by atoms with Gasteiger partial charge in [0, 0.05) is 24.3 Å². The fourth-order valence-electron chi connectivity index (χ4n) is 2.27. The molecule has 1 atom stereocenters. The summed E-state index contributed by atoms with van der Waals surface area (Å²) in [6.07, 6.45) is 0.915. The maximum atomic E-state index is 12.2. The van der Waals surface area contributed by atoms with Crippen LogP contribution in [0.1, 0.15) is 35.7 Å². The van der Waals surface area contributed by atoms with Gasteiger partial charge in [0.2, 0.25) is 0 Å². The number of carbonyl (C=O) groups excluding carboxylic acids is 1. The highest BCUT2D eigenvalue weighted by atomic mass is 35.5. The fourth-order valence-corrected chi connectivity index (χ4v) is 2.51. The standard InChI is InChI=1S/C14H15ClO4/c1-8(5-13(17)18)4-12(16)11-7-10(15)6-9-2-3-19-14(9)11/h6-8H,2-5H2,1H3,(H,17,18). The summed E-state index contributed by atoms with van der Waals surface area (Å²) in [5, 5.41) is 9.22. The van der Waals surface area contributed by atoms with Crippen LogP contribution in [0.25, 0.3) is 0 Å². The number of carboxylic acids is 1. The maximum absolute atomic E-state index is 12.2. The van der Waals surface area contributed by atoms with Crippen molar-refractivity contribution in [3.05, 3.63) is 28.3 Å². The zero-order valence-corrected chi connectivity index (χ0v) is 11.4. The van der Waals surface area contributed by atoms with E-state index in [1.54, 1.807) is 19.1 Å². The zero-order valence-electron chi connectivity index (χ0n) is 10.6. The molecule has 1 aromatic carbocycles. The van der Waals surface area contributed by atoms with Crippen molar-refractivity contribution < 1.29 is 19.4 Å². The third-order valence-corrected chi connectivity index (χ3v) is 3.32. The van der Waals surface area contributed by atoms with Gasteiger partial charge >= 0.3 is 5.97 Å². The Morgan fingerprint density at radius 2 is 2.16 bits per heavy atom. The number of benzene rings is 1. The molecule has 0 bridgehead atoms. The number of carbonyl (C=O) groups is 2. The first-order chi connectivity index (χ1) is 8.97. The first kappa shape index (κ1) is 13.9. The van der Waals surface area contributed by atoms with E-state index in [4.69, 9.17) is 21.4 Å². The lowest BCUT2D eigenvalue weighted by molar-refractivity contribution is -0.137. The number of Topliss-reactive ketones (excluding diaryl/α,β-unsaturated/α-hetero) is 1. The van der Waals surface area contributed by atoms with Crippen molar-refractivity contribution in [3.63, 3.8) is 0 Å². The first-order valence-electron chi connectivity index (χ1n) is 6.17. The largest absolute Gasteiger partial charge is 0.492 e. The van der Waals surface area contributed by atoms with Crippen molar-refractivity contribution in [2.24, 2.45) is 5.92 Å². The lowest BCUT2D eigenvalue weighted by Gasteiger charge is -2.11. The van der Waals surface area contributed by atoms with Crippen molar-refractivity contribution >= 4 is 23.4 Å². The Morgan fingerprint density at radius 3 is 2.84 bits per heavy atom. The van der Waals surface area contributed by atoms with Crippen LogP contribution in [-0.4, -0.2) is 23.5 Å². The monoisotopic (exact) mass is 282 g/mol. The van der Waals surface area contributed by atoms with Crippen LogP contribution in [0, 0.1) is 5.92 Å². The number of ketones is 1. The molecular weight excluding hydrogens is 268 g/mol. The second-order valence-corrected chi connectivity index (χ2v) is 5.31. The summed E-state index contributed by atoms with van der Waals surface area (Å²) in [7, 11) is 0. The van der Waals surface area contributed by atoms with Crippen LogP contribution in [0.5, 0.6) is 5.75 Å². The molecule has 5 heteroatoms. The molecule has 0 amide bonds. The summed E-state index contributed by atoms with van der Waals surface area (Å²) in [6.45, 7) is 2.30. The Kier molecular flexibility index (Phi) is 4.10. The van der Waals surface area contributed by atoms with E-state index in [0.29, 0.717) is 22.9 Å². The van der Waals surface area contributed by atoms with Crippen LogP contribution in [0.4, 0.5) is 0 Å². The quantitative estimate of drug-likeness (QED) is 0.843. The first-order valence-corrected chi connectivity index (χ1v) is 6.55. The van der Waals surface area contributed by atoms with Gasteiger partial charge in [-0.15, -0.1) is 0 Å². The summed E-state index contributed by atoms with van der Waals surface area (Å²) in [5.74, 6) is -0.611. The molecular formula is C14H15ClO4. The van der Waals surface area contributed by atoms with Gasteiger partial charge in [0.1, 0.15) is 5.75 Å². The van der Waals surface area contributed by atoms with Crippen LogP contribution in [0.15, 0.2) is 12.1 Å². The number of fused-ring (bicyclic) bond motifs is 1. The van der Waals surface area contributed by atoms with Gasteiger partial charge in [-0.05, 0) is 23.6 Å². The SMILES string of the molecule is CC(CC(=O)O)CC(=O)c1cc(Cl)cc2c1OCC2. The van der Waals surface area contributed by atoms with E-state index in [-0.39, 0.29) is 24.5 Å². The van der Waals surface area contributed by atoms with Gasteiger partial charge in [-0.3, -0.25) is 9.59 Å². The minimum atomic E-state index is -0.895. The van der Waals surface area contributed by atoms with E-state index in [1.807, 2.05) is 0 Å². The topological polar surface area (TPSA) is 63.6 Å². The second kappa shape index (κ2) is 5.61. The maximum Gasteiger partial charge on any atom is 0.303 e. The van der Waals surface area contributed by atoms with Crippen LogP contribution in [0.3, 0.4) is 0 Å². The number of rotatable bonds is 5. The molecule has 1 aliphatic rings. The summed E-state index contributed by atoms with van der Waals surface area (Å²) >= 11 is 5.99. The van der Waals surface area contributed by atoms with Crippen LogP contribution in [0.2, 0.25) is 5.02 Å². The van der Waals surface area contributed by atoms with Gasteiger partial charge in [-0.1, -0.05) is 18.5 Å². The van der Waals surface area contributed by atoms with E-state index in [1.165, 1.54) is 0 Å². The molecule has 1 heterocycles. The Labute approximate surface area is 116 Å². The highest BCUT2D eigenvalue weighted by Gasteiger charge is 2.23. The molecule has 0 aliphatic carbocycles. The third kappa shape index (κ3) is 3.26. The minimum absolute atomic E-state index is 0.0185. The predicted molar refractivity (Wildman–Crippen MR) is 71.0 cm³/mol. The molecule has 0 fully saturated rings. The van der Waals surface area contributed by atoms with E-state index >= 15 is 0 Å². The molecule has 0 saturated carbocycles. The summed E-state index contributed by atoms with van der Waals surface area (Å²) < 4.78 is 5.47. The van der Waals surface area contributed by atoms with Crippen molar-refractivity contribution in [1.29, 1.82) is 0 Å². The van der Waals surface area contributed by atoms with E-state index in [2.05, 4.69) is 0 Å². The Morgan fingerprint density at radius 1 is 1.42 bits per heavy atom. The predicted octanol–water partition coefficient (Wildman–Crippen LogP) is 2.96. The molecule has 102 valence electrons. The molecule has 1 unspecified atom stereocenters. The molecule has 2 rings (SSSR count). The van der Waals surface area contributed by atoms with Gasteiger partial charge < -0.3 is 9.84 Å². The highest BCUT2D eigenvalue weighted by Crippen LogP contribution is 2.34. The van der Waals surface area contributed by atoms with Crippen LogP contribution >= 0.6 is 11.6 Å². The molecule has 19 heavy (non-hydrogen) atoms. The van der Waals surface area contributed by atoms with Gasteiger partial charge in [0.25, 0.3) is 0 Å². The lowest BCUT2D eigenvalue weighted by Crippen LogP contribution is -2.11. The molecule has 0 radical (unpaired) electrons. The van der Waals surface area contributed by atoms with Crippen LogP contribution < -0.4 is 4.74 Å². The van der Waals surface area contributed by atoms with Crippen LogP contribution in [-0.2, 0) is 11.2 Å². The average molecular weight is 283 g/mol. The lowest BCUT2D eigenvalue weighted by atomic mass is 9.95. The number of halogens is 1. The van der Waals surface area contributed by atoms with Gasteiger partial charge in [0.05, 0.1) is 12.2 Å². The van der Waals surface area contributed by atoms with E-state index in [0.717, 1.165) is 12.0 Å². The molecule has 1 aliphatic heterocycles. The molecule has 1 N–H and O–H groups in total. The van der Waals surface area contributed by atoms with Crippen molar-refractivity contribution in [1.82, 2.24) is 0 Å². The van der Waals surface area contributed by atoms with Gasteiger partial charge in [0.15, 0.2) is 5.78 Å². The Balaban J connectivity index is 2.18. The summed E-state index contributed by atoms with van der Waals surface area (Å²) in [4.78, 5) is 22.8. The number of aliphatic carboxylic acids is 1. The second-order valence-electron chi connectivity index (χ2n) is 4.87. The van der Waals surface area contributed by atoms with Crippen molar-refractivity contribution in [2.75, 3.05) is 6.61 Å².